The van der Waals surface area contributed by atoms with Gasteiger partial charge >= 0.3 is 0 Å². The van der Waals surface area contributed by atoms with E-state index in [-0.39, 0.29) is 0 Å². The van der Waals surface area contributed by atoms with Crippen molar-refractivity contribution in [2.75, 3.05) is 11.6 Å². The van der Waals surface area contributed by atoms with Crippen molar-refractivity contribution in [3.63, 3.8) is 0 Å². The number of nitrogens with one attached hydrogen (secondary N) is 1. The highest BCUT2D eigenvalue weighted by molar-refractivity contribution is 7.98. The van der Waals surface area contributed by atoms with Gasteiger partial charge in [-0.3, -0.25) is 0 Å². The van der Waals surface area contributed by atoms with Crippen molar-refractivity contribution >= 4 is 17.4 Å². The average Bonchev–Trinajstić information content (AvgIpc) is 2.46. The Balaban J connectivity index is 2.00. The Bertz CT molecular complexity index is 558. The summed E-state index contributed by atoms with van der Waals surface area (Å²) in [6, 6.07) is 14.0. The number of pyridine rings is 1. The standard InChI is InChI=1S/C14H13N3S/c1-18-14-4-2-12(3-5-14)17-10-11-6-7-16-13(8-11)9-15/h2-8,17H,10H2,1H3. The zero-order valence-electron chi connectivity index (χ0n) is 10.1. The molecule has 2 rings (SSSR count). The van der Waals surface area contributed by atoms with E-state index >= 15 is 0 Å². The Morgan fingerprint density at radius 3 is 2.72 bits per heavy atom. The lowest BCUT2D eigenvalue weighted by atomic mass is 10.2. The van der Waals surface area contributed by atoms with Crippen LogP contribution < -0.4 is 5.32 Å². The third-order valence-electron chi connectivity index (χ3n) is 2.53. The average molecular weight is 255 g/mol. The molecular weight excluding hydrogens is 242 g/mol. The second-order valence-corrected chi connectivity index (χ2v) is 4.62. The molecule has 18 heavy (non-hydrogen) atoms. The molecule has 1 heterocycles. The molecule has 0 unspecified atom stereocenters. The van der Waals surface area contributed by atoms with E-state index in [1.807, 2.05) is 12.1 Å². The highest BCUT2D eigenvalue weighted by Gasteiger charge is 1.97. The summed E-state index contributed by atoms with van der Waals surface area (Å²) in [6.45, 7) is 0.690. The SMILES string of the molecule is CSc1ccc(NCc2ccnc(C#N)c2)cc1. The van der Waals surface area contributed by atoms with Gasteiger partial charge in [0.15, 0.2) is 0 Å². The summed E-state index contributed by atoms with van der Waals surface area (Å²) in [5.41, 5.74) is 2.57. The maximum absolute atomic E-state index is 8.77. The van der Waals surface area contributed by atoms with Gasteiger partial charge in [0.1, 0.15) is 11.8 Å². The second kappa shape index (κ2) is 6.08. The van der Waals surface area contributed by atoms with Crippen molar-refractivity contribution < 1.29 is 0 Å². The molecule has 4 heteroatoms. The van der Waals surface area contributed by atoms with Gasteiger partial charge < -0.3 is 5.32 Å². The second-order valence-electron chi connectivity index (χ2n) is 3.74. The summed E-state index contributed by atoms with van der Waals surface area (Å²) in [5.74, 6) is 0. The van der Waals surface area contributed by atoms with Gasteiger partial charge in [0, 0.05) is 23.3 Å². The Morgan fingerprint density at radius 1 is 1.28 bits per heavy atom. The number of hydrogen-bond donors (Lipinski definition) is 1. The summed E-state index contributed by atoms with van der Waals surface area (Å²) in [5, 5.41) is 12.1. The zero-order chi connectivity index (χ0) is 12.8. The van der Waals surface area contributed by atoms with Crippen molar-refractivity contribution in [1.29, 1.82) is 5.26 Å². The van der Waals surface area contributed by atoms with Crippen LogP contribution in [0.15, 0.2) is 47.5 Å². The molecule has 0 aliphatic rings. The molecule has 0 fully saturated rings. The lowest BCUT2D eigenvalue weighted by Crippen LogP contribution is -2.00. The van der Waals surface area contributed by atoms with Gasteiger partial charge in [-0.1, -0.05) is 0 Å². The van der Waals surface area contributed by atoms with E-state index in [1.54, 1.807) is 24.0 Å². The molecular formula is C14H13N3S. The van der Waals surface area contributed by atoms with Gasteiger partial charge in [0.25, 0.3) is 0 Å². The minimum Gasteiger partial charge on any atom is -0.381 e. The van der Waals surface area contributed by atoms with Crippen LogP contribution in [0.5, 0.6) is 0 Å². The molecule has 0 radical (unpaired) electrons. The number of aromatic nitrogens is 1. The van der Waals surface area contributed by atoms with Crippen LogP contribution in [0.1, 0.15) is 11.3 Å². The Labute approximate surface area is 111 Å². The number of benzene rings is 1. The number of nitriles is 1. The first-order valence-corrected chi connectivity index (χ1v) is 6.77. The molecule has 2 aromatic rings. The van der Waals surface area contributed by atoms with Gasteiger partial charge in [-0.05, 0) is 48.2 Å². The van der Waals surface area contributed by atoms with Crippen LogP contribution in [-0.2, 0) is 6.54 Å². The summed E-state index contributed by atoms with van der Waals surface area (Å²) >= 11 is 1.72. The van der Waals surface area contributed by atoms with E-state index in [4.69, 9.17) is 5.26 Å². The van der Waals surface area contributed by atoms with E-state index in [0.29, 0.717) is 12.2 Å². The largest absolute Gasteiger partial charge is 0.381 e. The highest BCUT2D eigenvalue weighted by Crippen LogP contribution is 2.17. The lowest BCUT2D eigenvalue weighted by Gasteiger charge is -2.07. The van der Waals surface area contributed by atoms with E-state index < -0.39 is 0 Å². The first kappa shape index (κ1) is 12.5. The molecule has 0 amide bonds. The first-order valence-electron chi connectivity index (χ1n) is 5.55. The van der Waals surface area contributed by atoms with Gasteiger partial charge in [-0.15, -0.1) is 11.8 Å². The summed E-state index contributed by atoms with van der Waals surface area (Å²) in [7, 11) is 0. The summed E-state index contributed by atoms with van der Waals surface area (Å²) in [4.78, 5) is 5.19. The smallest absolute Gasteiger partial charge is 0.140 e. The fourth-order valence-corrected chi connectivity index (χ4v) is 1.97. The lowest BCUT2D eigenvalue weighted by molar-refractivity contribution is 1.11. The third kappa shape index (κ3) is 3.25. The molecule has 0 bridgehead atoms. The molecule has 0 saturated heterocycles. The number of nitrogens with zero attached hydrogens (tertiary/aromatic N) is 2. The molecule has 0 aliphatic carbocycles. The van der Waals surface area contributed by atoms with Crippen molar-refractivity contribution in [2.45, 2.75) is 11.4 Å². The maximum atomic E-state index is 8.77. The molecule has 1 aromatic heterocycles. The predicted molar refractivity (Wildman–Crippen MR) is 74.5 cm³/mol. The topological polar surface area (TPSA) is 48.7 Å². The zero-order valence-corrected chi connectivity index (χ0v) is 10.9. The van der Waals surface area contributed by atoms with E-state index in [0.717, 1.165) is 11.3 Å². The van der Waals surface area contributed by atoms with Crippen LogP contribution in [-0.4, -0.2) is 11.2 Å². The van der Waals surface area contributed by atoms with Crippen LogP contribution in [0.25, 0.3) is 0 Å². The molecule has 0 aliphatic heterocycles. The van der Waals surface area contributed by atoms with Gasteiger partial charge in [0.05, 0.1) is 0 Å². The van der Waals surface area contributed by atoms with Gasteiger partial charge in [-0.2, -0.15) is 5.26 Å². The Morgan fingerprint density at radius 2 is 2.06 bits per heavy atom. The molecule has 90 valence electrons. The number of thioether (sulfide) groups is 1. The Kier molecular flexibility index (Phi) is 4.21. The summed E-state index contributed by atoms with van der Waals surface area (Å²) < 4.78 is 0. The quantitative estimate of drug-likeness (QED) is 0.852. The van der Waals surface area contributed by atoms with Gasteiger partial charge in [0.2, 0.25) is 0 Å². The highest BCUT2D eigenvalue weighted by atomic mass is 32.2. The van der Waals surface area contributed by atoms with Crippen LogP contribution in [0.4, 0.5) is 5.69 Å². The van der Waals surface area contributed by atoms with Crippen LogP contribution in [0.2, 0.25) is 0 Å². The fraction of sp³-hybridized carbons (Fsp3) is 0.143. The maximum Gasteiger partial charge on any atom is 0.140 e. The van der Waals surface area contributed by atoms with Crippen LogP contribution in [0, 0.1) is 11.3 Å². The van der Waals surface area contributed by atoms with E-state index in [1.165, 1.54) is 4.90 Å². The normalized spacial score (nSPS) is 9.78. The molecule has 0 atom stereocenters. The fourth-order valence-electron chi connectivity index (χ4n) is 1.56. The molecule has 1 N–H and O–H groups in total. The van der Waals surface area contributed by atoms with Gasteiger partial charge in [-0.25, -0.2) is 4.98 Å². The van der Waals surface area contributed by atoms with Crippen molar-refractivity contribution in [2.24, 2.45) is 0 Å². The van der Waals surface area contributed by atoms with Crippen molar-refractivity contribution in [1.82, 2.24) is 4.98 Å². The monoisotopic (exact) mass is 255 g/mol. The van der Waals surface area contributed by atoms with E-state index in [2.05, 4.69) is 40.8 Å². The van der Waals surface area contributed by atoms with Crippen molar-refractivity contribution in [3.8, 4) is 6.07 Å². The minimum absolute atomic E-state index is 0.451. The molecule has 1 aromatic carbocycles. The number of hydrogen-bond acceptors (Lipinski definition) is 4. The molecule has 0 saturated carbocycles. The third-order valence-corrected chi connectivity index (χ3v) is 3.27. The minimum atomic E-state index is 0.451. The van der Waals surface area contributed by atoms with E-state index in [9.17, 15) is 0 Å². The van der Waals surface area contributed by atoms with Crippen LogP contribution >= 0.6 is 11.8 Å². The van der Waals surface area contributed by atoms with Crippen LogP contribution in [0.3, 0.4) is 0 Å². The molecule has 0 spiro atoms. The first-order chi connectivity index (χ1) is 8.81. The predicted octanol–water partition coefficient (Wildman–Crippen LogP) is 3.29. The Hall–Kier alpha value is -1.99. The molecule has 3 nitrogen and oxygen atoms in total. The number of rotatable bonds is 4. The summed E-state index contributed by atoms with van der Waals surface area (Å²) in [6.07, 6.45) is 3.72. The number of anilines is 1. The van der Waals surface area contributed by atoms with Crippen molar-refractivity contribution in [3.05, 3.63) is 53.9 Å².